The van der Waals surface area contributed by atoms with Gasteiger partial charge in [0.2, 0.25) is 18.3 Å². The maximum absolute atomic E-state index is 13.2. The van der Waals surface area contributed by atoms with Gasteiger partial charge in [-0.2, -0.15) is 0 Å². The van der Waals surface area contributed by atoms with Crippen LogP contribution >= 0.6 is 0 Å². The number of rotatable bonds is 13. The van der Waals surface area contributed by atoms with Gasteiger partial charge in [0, 0.05) is 45.6 Å². The van der Waals surface area contributed by atoms with Crippen molar-refractivity contribution in [1.29, 1.82) is 0 Å². The van der Waals surface area contributed by atoms with Crippen molar-refractivity contribution in [2.75, 3.05) is 18.5 Å². The molecule has 1 aliphatic heterocycles. The number of benzene rings is 3. The average Bonchev–Trinajstić information content (AvgIpc) is 3.42. The van der Waals surface area contributed by atoms with E-state index in [2.05, 4.69) is 10.6 Å². The lowest BCUT2D eigenvalue weighted by molar-refractivity contribution is -0.261. The van der Waals surface area contributed by atoms with Crippen LogP contribution in [0.5, 0.6) is 5.75 Å². The number of fused-ring (bicyclic) bond motifs is 3. The lowest BCUT2D eigenvalue weighted by Gasteiger charge is -2.43. The molecule has 14 nitrogen and oxygen atoms in total. The Balaban J connectivity index is 1.26. The Morgan fingerprint density at radius 1 is 0.755 bits per heavy atom. The maximum atomic E-state index is 13.2. The van der Waals surface area contributed by atoms with Crippen molar-refractivity contribution < 1.29 is 57.2 Å². The average molecular weight is 731 g/mol. The van der Waals surface area contributed by atoms with Gasteiger partial charge in [-0.1, -0.05) is 61.5 Å². The molecule has 14 heteroatoms. The minimum Gasteiger partial charge on any atom is -0.461 e. The molecule has 3 aromatic rings. The van der Waals surface area contributed by atoms with E-state index in [0.29, 0.717) is 5.56 Å². The third kappa shape index (κ3) is 9.57. The molecule has 2 N–H and O–H groups in total. The summed E-state index contributed by atoms with van der Waals surface area (Å²) in [5, 5.41) is 5.34. The van der Waals surface area contributed by atoms with Crippen LogP contribution < -0.4 is 15.4 Å². The number of nitrogens with one attached hydrogen (secondary N) is 2. The molecule has 280 valence electrons. The summed E-state index contributed by atoms with van der Waals surface area (Å²) in [5.41, 5.74) is 4.95. The molecule has 5 rings (SSSR count). The van der Waals surface area contributed by atoms with E-state index in [-0.39, 0.29) is 49.3 Å². The van der Waals surface area contributed by atoms with Crippen LogP contribution in [-0.4, -0.2) is 73.4 Å². The second kappa shape index (κ2) is 17.2. The number of amides is 2. The van der Waals surface area contributed by atoms with Crippen LogP contribution in [0, 0.1) is 5.92 Å². The van der Waals surface area contributed by atoms with Gasteiger partial charge in [-0.05, 0) is 46.9 Å². The fourth-order valence-corrected chi connectivity index (χ4v) is 6.53. The van der Waals surface area contributed by atoms with Gasteiger partial charge in [0.05, 0.1) is 5.69 Å². The summed E-state index contributed by atoms with van der Waals surface area (Å²) in [6, 6.07) is 20.5. The zero-order chi connectivity index (χ0) is 38.2. The van der Waals surface area contributed by atoms with Gasteiger partial charge in [0.1, 0.15) is 25.1 Å². The number of alkyl carbamates (subject to hydrolysis) is 1. The van der Waals surface area contributed by atoms with Crippen molar-refractivity contribution in [1.82, 2.24) is 5.32 Å². The molecular weight excluding hydrogens is 688 g/mol. The molecule has 53 heavy (non-hydrogen) atoms. The van der Waals surface area contributed by atoms with Crippen LogP contribution in [0.25, 0.3) is 11.1 Å². The van der Waals surface area contributed by atoms with Gasteiger partial charge in [-0.25, -0.2) is 4.79 Å². The van der Waals surface area contributed by atoms with E-state index in [9.17, 15) is 28.8 Å². The first-order chi connectivity index (χ1) is 25.3. The molecule has 2 aliphatic rings. The van der Waals surface area contributed by atoms with Crippen molar-refractivity contribution in [3.05, 3.63) is 83.4 Å². The monoisotopic (exact) mass is 730 g/mol. The Morgan fingerprint density at radius 3 is 1.98 bits per heavy atom. The summed E-state index contributed by atoms with van der Waals surface area (Å²) in [4.78, 5) is 74.0. The van der Waals surface area contributed by atoms with Crippen LogP contribution in [-0.2, 0) is 54.3 Å². The highest BCUT2D eigenvalue weighted by atomic mass is 16.7. The number of hydrogen-bond donors (Lipinski definition) is 2. The molecule has 0 aromatic heterocycles. The van der Waals surface area contributed by atoms with E-state index < -0.39 is 60.4 Å². The quantitative estimate of drug-likeness (QED) is 0.181. The van der Waals surface area contributed by atoms with Crippen LogP contribution in [0.3, 0.4) is 0 Å². The van der Waals surface area contributed by atoms with Crippen LogP contribution in [0.15, 0.2) is 66.7 Å². The number of ether oxygens (including phenoxy) is 6. The summed E-state index contributed by atoms with van der Waals surface area (Å²) in [7, 11) is 0. The van der Waals surface area contributed by atoms with Crippen LogP contribution in [0.1, 0.15) is 63.6 Å². The van der Waals surface area contributed by atoms with E-state index in [1.54, 1.807) is 13.0 Å². The highest BCUT2D eigenvalue weighted by Crippen LogP contribution is 2.44. The summed E-state index contributed by atoms with van der Waals surface area (Å²) in [6.45, 7) is 6.47. The topological polar surface area (TPSA) is 182 Å². The molecule has 2 amide bonds. The number of esters is 3. The fourth-order valence-electron chi connectivity index (χ4n) is 6.53. The van der Waals surface area contributed by atoms with Crippen molar-refractivity contribution in [2.45, 2.75) is 78.2 Å². The highest BCUT2D eigenvalue weighted by Gasteiger charge is 2.50. The van der Waals surface area contributed by atoms with E-state index in [1.807, 2.05) is 48.5 Å². The SMILES string of the molecule is CC(=O)OCc1ccc(O[C@@H]2O[C@H](C(C)=O)[C@@H](C)[C@H](OC(C)=O)[C@H]2OC(C)=O)c(NC(=O)CCNC(=O)OCC2c3ccccc3-c3ccccc32)c1. The predicted octanol–water partition coefficient (Wildman–Crippen LogP) is 4.81. The minimum atomic E-state index is -1.45. The normalized spacial score (nSPS) is 20.2. The maximum Gasteiger partial charge on any atom is 0.407 e. The lowest BCUT2D eigenvalue weighted by Crippen LogP contribution is -2.59. The molecule has 1 aliphatic carbocycles. The van der Waals surface area contributed by atoms with E-state index in [0.717, 1.165) is 29.2 Å². The van der Waals surface area contributed by atoms with Crippen molar-refractivity contribution in [3.63, 3.8) is 0 Å². The number of ketones is 1. The molecular formula is C39H42N2O12. The van der Waals surface area contributed by atoms with E-state index in [1.165, 1.54) is 32.9 Å². The van der Waals surface area contributed by atoms with E-state index >= 15 is 0 Å². The lowest BCUT2D eigenvalue weighted by atomic mass is 9.88. The van der Waals surface area contributed by atoms with Gasteiger partial charge < -0.3 is 39.1 Å². The number of hydrogen-bond acceptors (Lipinski definition) is 12. The predicted molar refractivity (Wildman–Crippen MR) is 188 cm³/mol. The van der Waals surface area contributed by atoms with E-state index in [4.69, 9.17) is 28.4 Å². The number of Topliss-reactive ketones (excluding diaryl/α,β-unsaturated/α-hetero) is 1. The van der Waals surface area contributed by atoms with Crippen molar-refractivity contribution in [3.8, 4) is 16.9 Å². The molecule has 0 saturated carbocycles. The van der Waals surface area contributed by atoms with Crippen LogP contribution in [0.2, 0.25) is 0 Å². The second-order valence-electron chi connectivity index (χ2n) is 12.8. The van der Waals surface area contributed by atoms with Gasteiger partial charge in [-0.15, -0.1) is 0 Å². The van der Waals surface area contributed by atoms with Crippen molar-refractivity contribution in [2.24, 2.45) is 5.92 Å². The third-order valence-electron chi connectivity index (χ3n) is 8.84. The molecule has 1 saturated heterocycles. The Labute approximate surface area is 306 Å². The highest BCUT2D eigenvalue weighted by molar-refractivity contribution is 5.92. The zero-order valence-corrected chi connectivity index (χ0v) is 30.0. The fraction of sp³-hybridized carbons (Fsp3) is 0.385. The molecule has 0 bridgehead atoms. The van der Waals surface area contributed by atoms with Gasteiger partial charge in [-0.3, -0.25) is 24.0 Å². The molecule has 1 fully saturated rings. The third-order valence-corrected chi connectivity index (χ3v) is 8.84. The van der Waals surface area contributed by atoms with Crippen molar-refractivity contribution >= 4 is 41.4 Å². The van der Waals surface area contributed by atoms with Gasteiger partial charge in [0.25, 0.3) is 0 Å². The Bertz CT molecular complexity index is 1830. The number of carbonyl (C=O) groups excluding carboxylic acids is 6. The first-order valence-corrected chi connectivity index (χ1v) is 17.1. The number of anilines is 1. The smallest absolute Gasteiger partial charge is 0.407 e. The molecule has 0 spiro atoms. The largest absolute Gasteiger partial charge is 0.461 e. The molecule has 0 radical (unpaired) electrons. The summed E-state index contributed by atoms with van der Waals surface area (Å²) in [6.07, 6.45) is -5.76. The standard InChI is InChI=1S/C39H42N2O12/c1-21-35(22(2)42)53-38(37(51-25(5)45)36(21)50-24(4)44)52-33-15-14-26(19-48-23(3)43)18-32(33)41-34(46)16-17-40-39(47)49-20-31-29-12-8-6-10-27(29)28-11-7-9-13-30(28)31/h6-15,18,21,31,35-38H,16-17,19-20H2,1-5H3,(H,40,47)(H,41,46)/t21-,35+,36+,37-,38-/m1/s1. The van der Waals surface area contributed by atoms with Crippen LogP contribution in [0.4, 0.5) is 10.5 Å². The Morgan fingerprint density at radius 2 is 1.38 bits per heavy atom. The minimum absolute atomic E-state index is 0.0370. The number of carbonyl (C=O) groups is 6. The summed E-state index contributed by atoms with van der Waals surface area (Å²) in [5.74, 6) is -3.59. The molecule has 5 atom stereocenters. The Hall–Kier alpha value is -5.76. The molecule has 3 aromatic carbocycles. The van der Waals surface area contributed by atoms with Gasteiger partial charge >= 0.3 is 24.0 Å². The molecule has 0 unspecified atom stereocenters. The second-order valence-corrected chi connectivity index (χ2v) is 12.8. The Kier molecular flexibility index (Phi) is 12.5. The van der Waals surface area contributed by atoms with Gasteiger partial charge in [0.15, 0.2) is 11.9 Å². The first kappa shape index (κ1) is 38.5. The molecule has 1 heterocycles. The zero-order valence-electron chi connectivity index (χ0n) is 30.0. The summed E-state index contributed by atoms with van der Waals surface area (Å²) >= 11 is 0. The first-order valence-electron chi connectivity index (χ1n) is 17.1. The summed E-state index contributed by atoms with van der Waals surface area (Å²) < 4.78 is 33.7.